The average molecular weight is 376 g/mol. The standard InChI is InChI=1S/C14H13BrCl2N2O/c1-3-19-12(14(17)8(2)18-19)7-13(20)10-5-4-9(16)6-11(10)15/h4-6H,3,7H2,1-2H3. The molecule has 1 aromatic heterocycles. The van der Waals surface area contributed by atoms with Gasteiger partial charge in [-0.15, -0.1) is 0 Å². The summed E-state index contributed by atoms with van der Waals surface area (Å²) in [5, 5.41) is 5.46. The third-order valence-corrected chi connectivity index (χ3v) is 4.40. The number of rotatable bonds is 4. The Morgan fingerprint density at radius 2 is 2.10 bits per heavy atom. The zero-order valence-corrected chi connectivity index (χ0v) is 14.2. The number of ketones is 1. The van der Waals surface area contributed by atoms with Crippen LogP contribution in [0.25, 0.3) is 0 Å². The van der Waals surface area contributed by atoms with E-state index in [2.05, 4.69) is 21.0 Å². The maximum atomic E-state index is 12.4. The van der Waals surface area contributed by atoms with E-state index in [1.165, 1.54) is 0 Å². The van der Waals surface area contributed by atoms with Gasteiger partial charge in [-0.05, 0) is 48.0 Å². The van der Waals surface area contributed by atoms with Crippen LogP contribution in [0.1, 0.15) is 28.7 Å². The van der Waals surface area contributed by atoms with Crippen molar-refractivity contribution in [3.63, 3.8) is 0 Å². The van der Waals surface area contributed by atoms with Crippen LogP contribution in [0.3, 0.4) is 0 Å². The molecule has 106 valence electrons. The van der Waals surface area contributed by atoms with Crippen molar-refractivity contribution in [1.29, 1.82) is 0 Å². The summed E-state index contributed by atoms with van der Waals surface area (Å²) in [5.74, 6) is -0.0231. The van der Waals surface area contributed by atoms with E-state index < -0.39 is 0 Å². The number of hydrogen-bond donors (Lipinski definition) is 0. The lowest BCUT2D eigenvalue weighted by Gasteiger charge is -2.07. The predicted octanol–water partition coefficient (Wildman–Crippen LogP) is 4.71. The fraction of sp³-hybridized carbons (Fsp3) is 0.286. The molecule has 3 nitrogen and oxygen atoms in total. The van der Waals surface area contributed by atoms with Crippen LogP contribution < -0.4 is 0 Å². The number of carbonyl (C=O) groups excluding carboxylic acids is 1. The predicted molar refractivity (Wildman–Crippen MR) is 84.8 cm³/mol. The van der Waals surface area contributed by atoms with Crippen molar-refractivity contribution < 1.29 is 4.79 Å². The first-order chi connectivity index (χ1) is 9.43. The number of nitrogens with zero attached hydrogens (tertiary/aromatic N) is 2. The molecule has 0 N–H and O–H groups in total. The lowest BCUT2D eigenvalue weighted by molar-refractivity contribution is 0.0990. The molecule has 1 heterocycles. The van der Waals surface area contributed by atoms with Gasteiger partial charge in [0.2, 0.25) is 0 Å². The molecule has 2 rings (SSSR count). The Kier molecular flexibility index (Phi) is 4.89. The zero-order valence-electron chi connectivity index (χ0n) is 11.1. The molecule has 0 aliphatic heterocycles. The third kappa shape index (κ3) is 3.08. The Bertz CT molecular complexity index is 667. The topological polar surface area (TPSA) is 34.9 Å². The van der Waals surface area contributed by atoms with Crippen LogP contribution in [-0.2, 0) is 13.0 Å². The molecule has 0 fully saturated rings. The van der Waals surface area contributed by atoms with Crippen LogP contribution in [0.5, 0.6) is 0 Å². The van der Waals surface area contributed by atoms with E-state index in [-0.39, 0.29) is 12.2 Å². The lowest BCUT2D eigenvalue weighted by Crippen LogP contribution is -2.10. The molecule has 1 aromatic carbocycles. The summed E-state index contributed by atoms with van der Waals surface area (Å²) in [5.41, 5.74) is 2.08. The first-order valence-corrected chi connectivity index (χ1v) is 7.69. The van der Waals surface area contributed by atoms with Gasteiger partial charge >= 0.3 is 0 Å². The summed E-state index contributed by atoms with van der Waals surface area (Å²) in [6, 6.07) is 5.12. The molecule has 0 aliphatic rings. The monoisotopic (exact) mass is 374 g/mol. The minimum Gasteiger partial charge on any atom is -0.294 e. The largest absolute Gasteiger partial charge is 0.294 e. The normalized spacial score (nSPS) is 10.8. The molecule has 0 atom stereocenters. The van der Waals surface area contributed by atoms with E-state index in [0.717, 1.165) is 11.4 Å². The van der Waals surface area contributed by atoms with Gasteiger partial charge in [-0.1, -0.05) is 23.2 Å². The van der Waals surface area contributed by atoms with Crippen LogP contribution in [-0.4, -0.2) is 15.6 Å². The summed E-state index contributed by atoms with van der Waals surface area (Å²) in [6.07, 6.45) is 0.216. The van der Waals surface area contributed by atoms with Crippen molar-refractivity contribution in [3.8, 4) is 0 Å². The van der Waals surface area contributed by atoms with E-state index in [1.54, 1.807) is 22.9 Å². The molecule has 0 amide bonds. The Morgan fingerprint density at radius 1 is 1.40 bits per heavy atom. The molecule has 0 saturated carbocycles. The molecule has 0 unspecified atom stereocenters. The summed E-state index contributed by atoms with van der Waals surface area (Å²) < 4.78 is 2.45. The first kappa shape index (κ1) is 15.5. The molecule has 20 heavy (non-hydrogen) atoms. The van der Waals surface area contributed by atoms with Gasteiger partial charge in [-0.3, -0.25) is 9.48 Å². The van der Waals surface area contributed by atoms with E-state index in [1.807, 2.05) is 13.8 Å². The number of aromatic nitrogens is 2. The van der Waals surface area contributed by atoms with Crippen LogP contribution in [0.2, 0.25) is 10.0 Å². The number of benzene rings is 1. The Labute approximate surface area is 136 Å². The van der Waals surface area contributed by atoms with Gasteiger partial charge in [0.15, 0.2) is 5.78 Å². The molecular weight excluding hydrogens is 363 g/mol. The van der Waals surface area contributed by atoms with E-state index in [4.69, 9.17) is 23.2 Å². The molecule has 0 bridgehead atoms. The molecule has 6 heteroatoms. The van der Waals surface area contributed by atoms with Gasteiger partial charge in [-0.2, -0.15) is 5.10 Å². The highest BCUT2D eigenvalue weighted by Crippen LogP contribution is 2.26. The van der Waals surface area contributed by atoms with Gasteiger partial charge < -0.3 is 0 Å². The molecule has 0 aliphatic carbocycles. The maximum Gasteiger partial charge on any atom is 0.169 e. The second-order valence-corrected chi connectivity index (χ2v) is 6.05. The van der Waals surface area contributed by atoms with Crippen LogP contribution >= 0.6 is 39.1 Å². The van der Waals surface area contributed by atoms with Crippen molar-refractivity contribution in [2.75, 3.05) is 0 Å². The number of carbonyl (C=O) groups is 1. The smallest absolute Gasteiger partial charge is 0.169 e. The Morgan fingerprint density at radius 3 is 2.70 bits per heavy atom. The number of hydrogen-bond acceptors (Lipinski definition) is 2. The number of aryl methyl sites for hydroxylation is 2. The van der Waals surface area contributed by atoms with Crippen molar-refractivity contribution in [2.24, 2.45) is 0 Å². The van der Waals surface area contributed by atoms with Crippen LogP contribution in [0, 0.1) is 6.92 Å². The zero-order chi connectivity index (χ0) is 14.9. The van der Waals surface area contributed by atoms with Gasteiger partial charge in [0.25, 0.3) is 0 Å². The average Bonchev–Trinajstić information content (AvgIpc) is 2.66. The molecule has 2 aromatic rings. The third-order valence-electron chi connectivity index (χ3n) is 3.01. The highest BCUT2D eigenvalue weighted by molar-refractivity contribution is 9.10. The Balaban J connectivity index is 2.32. The fourth-order valence-electron chi connectivity index (χ4n) is 2.00. The SMILES string of the molecule is CCn1nc(C)c(Cl)c1CC(=O)c1ccc(Cl)cc1Br. The number of halogens is 3. The lowest BCUT2D eigenvalue weighted by atomic mass is 10.1. The summed E-state index contributed by atoms with van der Waals surface area (Å²) in [7, 11) is 0. The second-order valence-electron chi connectivity index (χ2n) is 4.39. The van der Waals surface area contributed by atoms with E-state index in [9.17, 15) is 4.79 Å². The second kappa shape index (κ2) is 6.29. The van der Waals surface area contributed by atoms with E-state index in [0.29, 0.717) is 26.6 Å². The molecule has 0 radical (unpaired) electrons. The van der Waals surface area contributed by atoms with Gasteiger partial charge in [0.05, 0.1) is 22.8 Å². The fourth-order valence-corrected chi connectivity index (χ4v) is 3.11. The highest BCUT2D eigenvalue weighted by atomic mass is 79.9. The Hall–Kier alpha value is -0.840. The maximum absolute atomic E-state index is 12.4. The minimum atomic E-state index is -0.0231. The summed E-state index contributed by atoms with van der Waals surface area (Å²) in [6.45, 7) is 4.48. The summed E-state index contributed by atoms with van der Waals surface area (Å²) >= 11 is 15.5. The van der Waals surface area contributed by atoms with Crippen LogP contribution in [0.15, 0.2) is 22.7 Å². The molecule has 0 spiro atoms. The van der Waals surface area contributed by atoms with Gasteiger partial charge in [0.1, 0.15) is 0 Å². The van der Waals surface area contributed by atoms with Crippen LogP contribution in [0.4, 0.5) is 0 Å². The van der Waals surface area contributed by atoms with Crippen molar-refractivity contribution in [2.45, 2.75) is 26.8 Å². The highest BCUT2D eigenvalue weighted by Gasteiger charge is 2.18. The van der Waals surface area contributed by atoms with Crippen molar-refractivity contribution in [3.05, 3.63) is 49.7 Å². The first-order valence-electron chi connectivity index (χ1n) is 6.14. The van der Waals surface area contributed by atoms with Crippen molar-refractivity contribution >= 4 is 44.9 Å². The minimum absolute atomic E-state index is 0.0231. The summed E-state index contributed by atoms with van der Waals surface area (Å²) in [4.78, 5) is 12.4. The molecule has 0 saturated heterocycles. The van der Waals surface area contributed by atoms with Gasteiger partial charge in [0, 0.05) is 21.6 Å². The number of Topliss-reactive ketones (excluding diaryl/α,β-unsaturated/α-hetero) is 1. The quantitative estimate of drug-likeness (QED) is 0.725. The van der Waals surface area contributed by atoms with Crippen molar-refractivity contribution in [1.82, 2.24) is 9.78 Å². The van der Waals surface area contributed by atoms with E-state index >= 15 is 0 Å². The molecular formula is C14H13BrCl2N2O. The van der Waals surface area contributed by atoms with Gasteiger partial charge in [-0.25, -0.2) is 0 Å².